The molecule has 0 N–H and O–H groups in total. The molecule has 0 fully saturated rings. The van der Waals surface area contributed by atoms with E-state index in [1.807, 2.05) is 25.3 Å². The Bertz CT molecular complexity index is 304. The Kier molecular flexibility index (Phi) is 4.42. The summed E-state index contributed by atoms with van der Waals surface area (Å²) in [6.45, 7) is 2.58. The molecule has 0 bridgehead atoms. The highest BCUT2D eigenvalue weighted by Crippen LogP contribution is 2.38. The summed E-state index contributed by atoms with van der Waals surface area (Å²) in [5.74, 6) is 0.747. The van der Waals surface area contributed by atoms with Crippen LogP contribution in [0.15, 0.2) is 21.5 Å². The molecule has 0 atom stereocenters. The molecule has 13 heavy (non-hydrogen) atoms. The van der Waals surface area contributed by atoms with Gasteiger partial charge in [0.05, 0.1) is 11.6 Å². The second kappa shape index (κ2) is 5.13. The summed E-state index contributed by atoms with van der Waals surface area (Å²) in [7, 11) is 0. The predicted octanol–water partition coefficient (Wildman–Crippen LogP) is 4.22. The molecular weight excluding hydrogens is 272 g/mol. The van der Waals surface area contributed by atoms with Gasteiger partial charge in [0.25, 0.3) is 0 Å². The summed E-state index contributed by atoms with van der Waals surface area (Å²) < 4.78 is 6.38. The quantitative estimate of drug-likeness (QED) is 0.767. The van der Waals surface area contributed by atoms with Crippen LogP contribution in [0.2, 0.25) is 5.02 Å². The zero-order valence-electron chi connectivity index (χ0n) is 7.43. The lowest BCUT2D eigenvalue weighted by Gasteiger charge is -2.09. The molecule has 72 valence electrons. The smallest absolute Gasteiger partial charge is 0.139 e. The number of halogens is 2. The molecule has 0 aliphatic carbocycles. The van der Waals surface area contributed by atoms with Crippen molar-refractivity contribution in [2.45, 2.75) is 11.8 Å². The average Bonchev–Trinajstić information content (AvgIpc) is 2.11. The fraction of sp³-hybridized carbons (Fsp3) is 0.333. The van der Waals surface area contributed by atoms with Crippen LogP contribution in [-0.4, -0.2) is 12.9 Å². The van der Waals surface area contributed by atoms with Crippen LogP contribution in [-0.2, 0) is 0 Å². The summed E-state index contributed by atoms with van der Waals surface area (Å²) in [6, 6.07) is 3.82. The molecule has 0 radical (unpaired) electrons. The monoisotopic (exact) mass is 280 g/mol. The van der Waals surface area contributed by atoms with Gasteiger partial charge in [0.2, 0.25) is 0 Å². The van der Waals surface area contributed by atoms with Gasteiger partial charge >= 0.3 is 0 Å². The molecule has 0 aromatic heterocycles. The van der Waals surface area contributed by atoms with Gasteiger partial charge in [-0.05, 0) is 41.2 Å². The van der Waals surface area contributed by atoms with Crippen molar-refractivity contribution < 1.29 is 4.74 Å². The third-order valence-corrected chi connectivity index (χ3v) is 3.76. The standard InChI is InChI=1S/C9H10BrClOS/c1-3-12-7-5-4-6(10)9(13-2)8(7)11/h4-5H,3H2,1-2H3. The molecule has 0 aliphatic rings. The van der Waals surface area contributed by atoms with Crippen molar-refractivity contribution >= 4 is 39.3 Å². The van der Waals surface area contributed by atoms with Crippen LogP contribution in [0.25, 0.3) is 0 Å². The van der Waals surface area contributed by atoms with Gasteiger partial charge in [0.1, 0.15) is 5.75 Å². The van der Waals surface area contributed by atoms with Crippen LogP contribution in [0, 0.1) is 0 Å². The van der Waals surface area contributed by atoms with E-state index in [2.05, 4.69) is 15.9 Å². The van der Waals surface area contributed by atoms with Gasteiger partial charge in [0.15, 0.2) is 0 Å². The van der Waals surface area contributed by atoms with Crippen LogP contribution in [0.4, 0.5) is 0 Å². The van der Waals surface area contributed by atoms with E-state index in [1.54, 1.807) is 11.8 Å². The Morgan fingerprint density at radius 3 is 2.77 bits per heavy atom. The highest BCUT2D eigenvalue weighted by atomic mass is 79.9. The number of hydrogen-bond donors (Lipinski definition) is 0. The SMILES string of the molecule is CCOc1ccc(Br)c(SC)c1Cl. The summed E-state index contributed by atoms with van der Waals surface area (Å²) in [4.78, 5) is 1.02. The van der Waals surface area contributed by atoms with Crippen LogP contribution in [0.3, 0.4) is 0 Å². The maximum atomic E-state index is 6.12. The number of hydrogen-bond acceptors (Lipinski definition) is 2. The first-order valence-corrected chi connectivity index (χ1v) is 6.25. The van der Waals surface area contributed by atoms with Gasteiger partial charge in [-0.3, -0.25) is 0 Å². The van der Waals surface area contributed by atoms with E-state index >= 15 is 0 Å². The molecule has 1 rings (SSSR count). The highest BCUT2D eigenvalue weighted by molar-refractivity contribution is 9.10. The first-order valence-electron chi connectivity index (χ1n) is 3.85. The number of benzene rings is 1. The minimum Gasteiger partial charge on any atom is -0.492 e. The fourth-order valence-corrected chi connectivity index (χ4v) is 2.89. The van der Waals surface area contributed by atoms with Crippen molar-refractivity contribution in [3.63, 3.8) is 0 Å². The topological polar surface area (TPSA) is 9.23 Å². The molecule has 4 heteroatoms. The van der Waals surface area contributed by atoms with Crippen molar-refractivity contribution in [3.8, 4) is 5.75 Å². The molecule has 0 spiro atoms. The van der Waals surface area contributed by atoms with E-state index < -0.39 is 0 Å². The molecule has 0 unspecified atom stereocenters. The number of ether oxygens (including phenoxy) is 1. The second-order valence-electron chi connectivity index (χ2n) is 2.33. The van der Waals surface area contributed by atoms with Crippen molar-refractivity contribution in [1.29, 1.82) is 0 Å². The van der Waals surface area contributed by atoms with Gasteiger partial charge in [-0.25, -0.2) is 0 Å². The average molecular weight is 282 g/mol. The lowest BCUT2D eigenvalue weighted by atomic mass is 10.3. The zero-order valence-corrected chi connectivity index (χ0v) is 10.6. The molecule has 0 aliphatic heterocycles. The Balaban J connectivity index is 3.11. The van der Waals surface area contributed by atoms with Crippen LogP contribution >= 0.6 is 39.3 Å². The molecule has 0 amide bonds. The molecular formula is C9H10BrClOS. The third kappa shape index (κ3) is 2.55. The number of rotatable bonds is 3. The normalized spacial score (nSPS) is 10.2. The Labute approximate surface area is 95.9 Å². The molecule has 1 aromatic carbocycles. The second-order valence-corrected chi connectivity index (χ2v) is 4.37. The summed E-state index contributed by atoms with van der Waals surface area (Å²) in [5, 5.41) is 0.684. The van der Waals surface area contributed by atoms with E-state index in [4.69, 9.17) is 16.3 Å². The van der Waals surface area contributed by atoms with E-state index in [9.17, 15) is 0 Å². The molecule has 0 heterocycles. The van der Waals surface area contributed by atoms with E-state index in [0.29, 0.717) is 11.6 Å². The third-order valence-electron chi connectivity index (χ3n) is 1.52. The Hall–Kier alpha value is 0.140. The zero-order chi connectivity index (χ0) is 9.84. The van der Waals surface area contributed by atoms with Crippen molar-refractivity contribution in [2.24, 2.45) is 0 Å². The van der Waals surface area contributed by atoms with E-state index in [0.717, 1.165) is 15.1 Å². The molecule has 0 saturated heterocycles. The van der Waals surface area contributed by atoms with E-state index in [-0.39, 0.29) is 0 Å². The van der Waals surface area contributed by atoms with Gasteiger partial charge in [-0.1, -0.05) is 11.6 Å². The number of thioether (sulfide) groups is 1. The Morgan fingerprint density at radius 2 is 2.23 bits per heavy atom. The van der Waals surface area contributed by atoms with Crippen molar-refractivity contribution in [2.75, 3.05) is 12.9 Å². The predicted molar refractivity (Wildman–Crippen MR) is 62.1 cm³/mol. The van der Waals surface area contributed by atoms with Crippen LogP contribution < -0.4 is 4.74 Å². The van der Waals surface area contributed by atoms with Crippen molar-refractivity contribution in [1.82, 2.24) is 0 Å². The Morgan fingerprint density at radius 1 is 1.54 bits per heavy atom. The first kappa shape index (κ1) is 11.2. The minimum absolute atomic E-state index is 0.634. The summed E-state index contributed by atoms with van der Waals surface area (Å²) >= 11 is 11.2. The highest BCUT2D eigenvalue weighted by Gasteiger charge is 2.09. The lowest BCUT2D eigenvalue weighted by molar-refractivity contribution is 0.339. The maximum Gasteiger partial charge on any atom is 0.139 e. The van der Waals surface area contributed by atoms with Gasteiger partial charge < -0.3 is 4.74 Å². The summed E-state index contributed by atoms with van der Waals surface area (Å²) in [6.07, 6.45) is 1.99. The van der Waals surface area contributed by atoms with Gasteiger partial charge in [-0.2, -0.15) is 0 Å². The molecule has 0 saturated carbocycles. The molecule has 1 nitrogen and oxygen atoms in total. The maximum absolute atomic E-state index is 6.12. The van der Waals surface area contributed by atoms with Crippen LogP contribution in [0.5, 0.6) is 5.75 Å². The van der Waals surface area contributed by atoms with Crippen LogP contribution in [0.1, 0.15) is 6.92 Å². The van der Waals surface area contributed by atoms with Gasteiger partial charge in [0, 0.05) is 9.37 Å². The molecule has 1 aromatic rings. The first-order chi connectivity index (χ1) is 6.20. The van der Waals surface area contributed by atoms with Gasteiger partial charge in [-0.15, -0.1) is 11.8 Å². The fourth-order valence-electron chi connectivity index (χ4n) is 0.969. The lowest BCUT2D eigenvalue weighted by Crippen LogP contribution is -1.93. The summed E-state index contributed by atoms with van der Waals surface area (Å²) in [5.41, 5.74) is 0. The largest absolute Gasteiger partial charge is 0.492 e. The van der Waals surface area contributed by atoms with E-state index in [1.165, 1.54) is 0 Å². The minimum atomic E-state index is 0.634. The van der Waals surface area contributed by atoms with Crippen molar-refractivity contribution in [3.05, 3.63) is 21.6 Å².